The van der Waals surface area contributed by atoms with Crippen molar-refractivity contribution in [3.63, 3.8) is 0 Å². The van der Waals surface area contributed by atoms with Crippen LogP contribution in [0.2, 0.25) is 0 Å². The smallest absolute Gasteiger partial charge is 0.177 e. The van der Waals surface area contributed by atoms with Gasteiger partial charge in [-0.3, -0.25) is 0 Å². The summed E-state index contributed by atoms with van der Waals surface area (Å²) in [6.45, 7) is 2.23. The number of benzene rings is 1. The number of aromatic amines is 1. The van der Waals surface area contributed by atoms with E-state index in [1.807, 2.05) is 19.1 Å². The molecule has 0 aliphatic heterocycles. The minimum absolute atomic E-state index is 0.155. The van der Waals surface area contributed by atoms with Gasteiger partial charge in [-0.1, -0.05) is 0 Å². The second-order valence-electron chi connectivity index (χ2n) is 5.58. The summed E-state index contributed by atoms with van der Waals surface area (Å²) in [7, 11) is 0. The van der Waals surface area contributed by atoms with Crippen molar-refractivity contribution in [3.05, 3.63) is 48.8 Å². The van der Waals surface area contributed by atoms with Gasteiger partial charge < -0.3 is 9.72 Å². The number of nitrogens with zero attached hydrogens (tertiary/aromatic N) is 6. The fraction of sp³-hybridized carbons (Fsp3) is 0.188. The van der Waals surface area contributed by atoms with Gasteiger partial charge in [-0.25, -0.2) is 19.0 Å². The molecule has 0 saturated carbocycles. The lowest BCUT2D eigenvalue weighted by Crippen LogP contribution is -2.20. The highest BCUT2D eigenvalue weighted by Crippen LogP contribution is 2.27. The van der Waals surface area contributed by atoms with E-state index in [1.54, 1.807) is 18.5 Å². The molecule has 3 aromatic heterocycles. The van der Waals surface area contributed by atoms with Gasteiger partial charge >= 0.3 is 0 Å². The Balaban J connectivity index is 1.59. The zero-order valence-corrected chi connectivity index (χ0v) is 13.3. The van der Waals surface area contributed by atoms with Crippen LogP contribution in [0.5, 0.6) is 5.75 Å². The van der Waals surface area contributed by atoms with Crippen molar-refractivity contribution >= 4 is 11.2 Å². The Kier molecular flexibility index (Phi) is 3.81. The Morgan fingerprint density at radius 3 is 3.04 bits per heavy atom. The van der Waals surface area contributed by atoms with Crippen LogP contribution in [0.4, 0.5) is 4.39 Å². The number of halogens is 1. The SMILES string of the molecule is CC(Cn1cnnn1)Oc1cc(-c2ccc3[nH]cnc3n2)ccc1F. The van der Waals surface area contributed by atoms with Crippen LogP contribution in [0.1, 0.15) is 6.92 Å². The Bertz CT molecular complexity index is 999. The Labute approximate surface area is 141 Å². The molecule has 9 heteroatoms. The maximum absolute atomic E-state index is 14.1. The molecule has 1 atom stereocenters. The molecular weight excluding hydrogens is 325 g/mol. The highest BCUT2D eigenvalue weighted by molar-refractivity contribution is 5.75. The number of nitrogens with one attached hydrogen (secondary N) is 1. The van der Waals surface area contributed by atoms with Crippen LogP contribution in [0.25, 0.3) is 22.4 Å². The summed E-state index contributed by atoms with van der Waals surface area (Å²) in [6.07, 6.45) is 2.76. The molecule has 0 amide bonds. The van der Waals surface area contributed by atoms with E-state index < -0.39 is 5.82 Å². The van der Waals surface area contributed by atoms with Crippen molar-refractivity contribution in [1.82, 2.24) is 35.2 Å². The molecule has 1 aromatic carbocycles. The van der Waals surface area contributed by atoms with Crippen LogP contribution >= 0.6 is 0 Å². The first-order chi connectivity index (χ1) is 12.2. The minimum atomic E-state index is -0.437. The number of tetrazole rings is 1. The topological polar surface area (TPSA) is 94.4 Å². The van der Waals surface area contributed by atoms with E-state index in [1.165, 1.54) is 17.1 Å². The summed E-state index contributed by atoms with van der Waals surface area (Å²) in [5.74, 6) is -0.282. The van der Waals surface area contributed by atoms with Gasteiger partial charge in [0.15, 0.2) is 17.2 Å². The van der Waals surface area contributed by atoms with Gasteiger partial charge in [-0.2, -0.15) is 0 Å². The maximum atomic E-state index is 14.1. The summed E-state index contributed by atoms with van der Waals surface area (Å²) in [5, 5.41) is 10.9. The molecule has 0 fully saturated rings. The predicted molar refractivity (Wildman–Crippen MR) is 87.2 cm³/mol. The van der Waals surface area contributed by atoms with E-state index in [2.05, 4.69) is 30.5 Å². The number of pyridine rings is 1. The lowest BCUT2D eigenvalue weighted by atomic mass is 10.1. The van der Waals surface area contributed by atoms with Crippen molar-refractivity contribution in [2.45, 2.75) is 19.6 Å². The monoisotopic (exact) mass is 339 g/mol. The average molecular weight is 339 g/mol. The summed E-state index contributed by atoms with van der Waals surface area (Å²) in [5.41, 5.74) is 2.89. The molecule has 126 valence electrons. The Morgan fingerprint density at radius 2 is 2.20 bits per heavy atom. The van der Waals surface area contributed by atoms with Crippen molar-refractivity contribution < 1.29 is 9.13 Å². The van der Waals surface area contributed by atoms with Crippen LogP contribution in [-0.4, -0.2) is 41.3 Å². The fourth-order valence-electron chi connectivity index (χ4n) is 2.52. The molecule has 4 rings (SSSR count). The highest BCUT2D eigenvalue weighted by atomic mass is 19.1. The molecule has 0 aliphatic rings. The summed E-state index contributed by atoms with van der Waals surface area (Å²) >= 11 is 0. The minimum Gasteiger partial charge on any atom is -0.486 e. The quantitative estimate of drug-likeness (QED) is 0.599. The number of aromatic nitrogens is 7. The van der Waals surface area contributed by atoms with Gasteiger partial charge in [0.05, 0.1) is 24.1 Å². The first kappa shape index (κ1) is 15.2. The van der Waals surface area contributed by atoms with Crippen LogP contribution in [0, 0.1) is 5.82 Å². The number of imidazole rings is 1. The number of rotatable bonds is 5. The number of H-pyrrole nitrogens is 1. The van der Waals surface area contributed by atoms with Crippen LogP contribution < -0.4 is 4.74 Å². The molecule has 25 heavy (non-hydrogen) atoms. The third-order valence-corrected chi connectivity index (χ3v) is 3.67. The Hall–Kier alpha value is -3.36. The van der Waals surface area contributed by atoms with Gasteiger partial charge in [-0.15, -0.1) is 5.10 Å². The first-order valence-corrected chi connectivity index (χ1v) is 7.66. The first-order valence-electron chi connectivity index (χ1n) is 7.66. The van der Waals surface area contributed by atoms with E-state index in [0.717, 1.165) is 11.1 Å². The number of ether oxygens (including phenoxy) is 1. The van der Waals surface area contributed by atoms with E-state index in [9.17, 15) is 4.39 Å². The molecule has 0 saturated heterocycles. The van der Waals surface area contributed by atoms with Gasteiger partial charge in [0.25, 0.3) is 0 Å². The van der Waals surface area contributed by atoms with Gasteiger partial charge in [-0.05, 0) is 47.7 Å². The van der Waals surface area contributed by atoms with Crippen molar-refractivity contribution in [2.75, 3.05) is 0 Å². The predicted octanol–water partition coefficient (Wildman–Crippen LogP) is 2.22. The molecule has 0 aliphatic carbocycles. The molecular formula is C16H14FN7O. The van der Waals surface area contributed by atoms with E-state index in [0.29, 0.717) is 17.9 Å². The third kappa shape index (κ3) is 3.16. The zero-order valence-electron chi connectivity index (χ0n) is 13.3. The van der Waals surface area contributed by atoms with Gasteiger partial charge in [0.1, 0.15) is 12.4 Å². The average Bonchev–Trinajstić information content (AvgIpc) is 3.27. The molecule has 0 bridgehead atoms. The van der Waals surface area contributed by atoms with Gasteiger partial charge in [0.2, 0.25) is 0 Å². The zero-order chi connectivity index (χ0) is 17.2. The number of fused-ring (bicyclic) bond motifs is 1. The van der Waals surface area contributed by atoms with Crippen LogP contribution in [-0.2, 0) is 6.54 Å². The molecule has 0 spiro atoms. The summed E-state index contributed by atoms with van der Waals surface area (Å²) in [4.78, 5) is 11.6. The summed E-state index contributed by atoms with van der Waals surface area (Å²) in [6, 6.07) is 8.39. The molecule has 1 N–H and O–H groups in total. The van der Waals surface area contributed by atoms with Gasteiger partial charge in [0, 0.05) is 5.56 Å². The van der Waals surface area contributed by atoms with Crippen LogP contribution in [0.3, 0.4) is 0 Å². The second kappa shape index (κ2) is 6.27. The third-order valence-electron chi connectivity index (χ3n) is 3.67. The number of hydrogen-bond donors (Lipinski definition) is 1. The number of hydrogen-bond acceptors (Lipinski definition) is 6. The van der Waals surface area contributed by atoms with Crippen molar-refractivity contribution in [1.29, 1.82) is 0 Å². The second-order valence-corrected chi connectivity index (χ2v) is 5.58. The van der Waals surface area contributed by atoms with Crippen molar-refractivity contribution in [3.8, 4) is 17.0 Å². The largest absolute Gasteiger partial charge is 0.486 e. The normalized spacial score (nSPS) is 12.4. The molecule has 1 unspecified atom stereocenters. The molecule has 8 nitrogen and oxygen atoms in total. The molecule has 0 radical (unpaired) electrons. The molecule has 4 aromatic rings. The summed E-state index contributed by atoms with van der Waals surface area (Å²) < 4.78 is 21.4. The van der Waals surface area contributed by atoms with Crippen LogP contribution in [0.15, 0.2) is 43.0 Å². The van der Waals surface area contributed by atoms with E-state index in [4.69, 9.17) is 4.74 Å². The Morgan fingerprint density at radius 1 is 1.28 bits per heavy atom. The standard InChI is InChI=1S/C16H14FN7O/c1-10(7-24-9-20-22-23-24)25-15-6-11(2-3-12(15)17)13-4-5-14-16(21-13)19-8-18-14/h2-6,8-10H,7H2,1H3,(H,18,19,21). The lowest BCUT2D eigenvalue weighted by Gasteiger charge is -2.15. The lowest BCUT2D eigenvalue weighted by molar-refractivity contribution is 0.185. The highest BCUT2D eigenvalue weighted by Gasteiger charge is 2.12. The van der Waals surface area contributed by atoms with E-state index in [-0.39, 0.29) is 11.9 Å². The maximum Gasteiger partial charge on any atom is 0.177 e. The van der Waals surface area contributed by atoms with E-state index >= 15 is 0 Å². The fourth-order valence-corrected chi connectivity index (χ4v) is 2.52. The molecule has 3 heterocycles. The van der Waals surface area contributed by atoms with Crippen molar-refractivity contribution in [2.24, 2.45) is 0 Å².